The molecule has 4 N–H and O–H groups in total. The van der Waals surface area contributed by atoms with Gasteiger partial charge in [-0.15, -0.1) is 0 Å². The van der Waals surface area contributed by atoms with Gasteiger partial charge in [-0.05, 0) is 24.3 Å². The number of phenols is 1. The molecule has 1 aromatic carbocycles. The Labute approximate surface area is 109 Å². The van der Waals surface area contributed by atoms with Crippen LogP contribution < -0.4 is 16.3 Å². The summed E-state index contributed by atoms with van der Waals surface area (Å²) in [6.45, 7) is 1.53. The van der Waals surface area contributed by atoms with Gasteiger partial charge < -0.3 is 20.7 Å². The molecule has 1 aromatic heterocycles. The number of nitrogens with one attached hydrogen (secondary N) is 3. The van der Waals surface area contributed by atoms with Gasteiger partial charge in [0.15, 0.2) is 0 Å². The summed E-state index contributed by atoms with van der Waals surface area (Å²) in [7, 11) is 0. The normalized spacial score (nSPS) is 13.9. The van der Waals surface area contributed by atoms with Crippen molar-refractivity contribution < 1.29 is 5.11 Å². The van der Waals surface area contributed by atoms with Crippen molar-refractivity contribution in [2.45, 2.75) is 13.0 Å². The molecule has 0 radical (unpaired) electrons. The summed E-state index contributed by atoms with van der Waals surface area (Å²) in [5.41, 5.74) is 2.35. The maximum atomic E-state index is 11.5. The number of aromatic amines is 1. The zero-order chi connectivity index (χ0) is 13.2. The highest BCUT2D eigenvalue weighted by molar-refractivity contribution is 5.60. The molecular formula is C13H14N4O2. The minimum Gasteiger partial charge on any atom is -0.508 e. The van der Waals surface area contributed by atoms with Crippen LogP contribution in [0.3, 0.4) is 0 Å². The Hall–Kier alpha value is -2.34. The third kappa shape index (κ3) is 2.43. The van der Waals surface area contributed by atoms with Crippen molar-refractivity contribution in [1.82, 2.24) is 15.3 Å². The van der Waals surface area contributed by atoms with Gasteiger partial charge >= 0.3 is 5.69 Å². The number of hydrogen-bond donors (Lipinski definition) is 4. The minimum absolute atomic E-state index is 0.202. The zero-order valence-corrected chi connectivity index (χ0v) is 10.2. The summed E-state index contributed by atoms with van der Waals surface area (Å²) in [6.07, 6.45) is 0.789. The van der Waals surface area contributed by atoms with E-state index in [1.165, 1.54) is 0 Å². The van der Waals surface area contributed by atoms with Crippen molar-refractivity contribution >= 4 is 11.5 Å². The third-order valence-corrected chi connectivity index (χ3v) is 3.10. The van der Waals surface area contributed by atoms with Crippen LogP contribution in [0.15, 0.2) is 29.1 Å². The molecule has 2 heterocycles. The molecule has 1 aliphatic heterocycles. The lowest BCUT2D eigenvalue weighted by Gasteiger charge is -2.19. The highest BCUT2D eigenvalue weighted by atomic mass is 16.3. The smallest absolute Gasteiger partial charge is 0.347 e. The lowest BCUT2D eigenvalue weighted by atomic mass is 10.1. The number of hydrogen-bond acceptors (Lipinski definition) is 5. The number of aromatic hydroxyl groups is 1. The van der Waals surface area contributed by atoms with Gasteiger partial charge in [0, 0.05) is 36.5 Å². The molecular weight excluding hydrogens is 244 g/mol. The van der Waals surface area contributed by atoms with Gasteiger partial charge in [-0.3, -0.25) is 0 Å². The van der Waals surface area contributed by atoms with Gasteiger partial charge in [0.05, 0.1) is 0 Å². The van der Waals surface area contributed by atoms with Gasteiger partial charge in [0.2, 0.25) is 0 Å². The average molecular weight is 258 g/mol. The van der Waals surface area contributed by atoms with E-state index in [0.29, 0.717) is 12.4 Å². The SMILES string of the molecule is O=c1nc(Nc2ccc(O)cc2)c2c([nH]1)CCNC2. The molecule has 0 unspecified atom stereocenters. The monoisotopic (exact) mass is 258 g/mol. The third-order valence-electron chi connectivity index (χ3n) is 3.10. The first-order valence-electron chi connectivity index (χ1n) is 6.11. The average Bonchev–Trinajstić information content (AvgIpc) is 2.41. The maximum Gasteiger partial charge on any atom is 0.347 e. The molecule has 6 heteroatoms. The second kappa shape index (κ2) is 4.74. The van der Waals surface area contributed by atoms with Crippen LogP contribution in [0, 0.1) is 0 Å². The fourth-order valence-corrected chi connectivity index (χ4v) is 2.16. The zero-order valence-electron chi connectivity index (χ0n) is 10.2. The van der Waals surface area contributed by atoms with Gasteiger partial charge in [0.1, 0.15) is 11.6 Å². The van der Waals surface area contributed by atoms with Crippen LogP contribution in [0.4, 0.5) is 11.5 Å². The van der Waals surface area contributed by atoms with Crippen molar-refractivity contribution in [3.63, 3.8) is 0 Å². The van der Waals surface area contributed by atoms with Crippen LogP contribution in [0.25, 0.3) is 0 Å². The number of fused-ring (bicyclic) bond motifs is 1. The van der Waals surface area contributed by atoms with E-state index in [1.807, 2.05) is 0 Å². The summed E-state index contributed by atoms with van der Waals surface area (Å²) < 4.78 is 0. The van der Waals surface area contributed by atoms with E-state index >= 15 is 0 Å². The molecule has 6 nitrogen and oxygen atoms in total. The number of aromatic nitrogens is 2. The number of anilines is 2. The number of nitrogens with zero attached hydrogens (tertiary/aromatic N) is 1. The van der Waals surface area contributed by atoms with Crippen LogP contribution in [0.1, 0.15) is 11.3 Å². The molecule has 0 bridgehead atoms. The molecule has 98 valence electrons. The highest BCUT2D eigenvalue weighted by Gasteiger charge is 2.15. The lowest BCUT2D eigenvalue weighted by Crippen LogP contribution is -2.29. The Morgan fingerprint density at radius 3 is 2.84 bits per heavy atom. The van der Waals surface area contributed by atoms with Gasteiger partial charge in [0.25, 0.3) is 0 Å². The molecule has 3 rings (SSSR count). The maximum absolute atomic E-state index is 11.5. The van der Waals surface area contributed by atoms with Gasteiger partial charge in [-0.25, -0.2) is 4.79 Å². The number of rotatable bonds is 2. The van der Waals surface area contributed by atoms with Crippen molar-refractivity contribution in [2.75, 3.05) is 11.9 Å². The molecule has 0 fully saturated rings. The molecule has 0 saturated carbocycles. The van der Waals surface area contributed by atoms with E-state index < -0.39 is 0 Å². The largest absolute Gasteiger partial charge is 0.508 e. The van der Waals surface area contributed by atoms with Gasteiger partial charge in [-0.1, -0.05) is 0 Å². The Balaban J connectivity index is 1.98. The predicted molar refractivity (Wildman–Crippen MR) is 71.7 cm³/mol. The molecule has 0 aliphatic carbocycles. The molecule has 2 aromatic rings. The van der Waals surface area contributed by atoms with Crippen molar-refractivity contribution in [1.29, 1.82) is 0 Å². The summed E-state index contributed by atoms with van der Waals surface area (Å²) >= 11 is 0. The fraction of sp³-hybridized carbons (Fsp3) is 0.231. The Morgan fingerprint density at radius 2 is 2.05 bits per heavy atom. The van der Waals surface area contributed by atoms with E-state index in [2.05, 4.69) is 20.6 Å². The molecule has 0 spiro atoms. The molecule has 0 atom stereocenters. The summed E-state index contributed by atoms with van der Waals surface area (Å²) in [6, 6.07) is 6.64. The first-order valence-corrected chi connectivity index (χ1v) is 6.11. The first kappa shape index (κ1) is 11.7. The van der Waals surface area contributed by atoms with Crippen LogP contribution in [0.5, 0.6) is 5.75 Å². The number of benzene rings is 1. The van der Waals surface area contributed by atoms with Crippen molar-refractivity contribution in [2.24, 2.45) is 0 Å². The van der Waals surface area contributed by atoms with Gasteiger partial charge in [-0.2, -0.15) is 4.98 Å². The minimum atomic E-state index is -0.345. The van der Waals surface area contributed by atoms with E-state index in [-0.39, 0.29) is 11.4 Å². The highest BCUT2D eigenvalue weighted by Crippen LogP contribution is 2.22. The Morgan fingerprint density at radius 1 is 1.26 bits per heavy atom. The standard InChI is InChI=1S/C13H14N4O2/c18-9-3-1-8(2-4-9)15-12-10-7-14-6-5-11(10)16-13(19)17-12/h1-4,14,18H,5-7H2,(H2,15,16,17,19). The fourth-order valence-electron chi connectivity index (χ4n) is 2.16. The molecule has 19 heavy (non-hydrogen) atoms. The Bertz CT molecular complexity index is 649. The van der Waals surface area contributed by atoms with Crippen LogP contribution in [0.2, 0.25) is 0 Å². The second-order valence-electron chi connectivity index (χ2n) is 4.45. The number of H-pyrrole nitrogens is 1. The van der Waals surface area contributed by atoms with E-state index in [0.717, 1.165) is 29.9 Å². The van der Waals surface area contributed by atoms with Crippen LogP contribution in [-0.4, -0.2) is 21.6 Å². The van der Waals surface area contributed by atoms with Crippen LogP contribution >= 0.6 is 0 Å². The first-order chi connectivity index (χ1) is 9.22. The lowest BCUT2D eigenvalue weighted by molar-refractivity contribution is 0.475. The Kier molecular flexibility index (Phi) is 2.92. The van der Waals surface area contributed by atoms with Crippen LogP contribution in [-0.2, 0) is 13.0 Å². The van der Waals surface area contributed by atoms with Crippen molar-refractivity contribution in [3.8, 4) is 5.75 Å². The topological polar surface area (TPSA) is 90.0 Å². The molecule has 0 amide bonds. The number of phenolic OH excluding ortho intramolecular Hbond substituents is 1. The summed E-state index contributed by atoms with van der Waals surface area (Å²) in [5, 5.41) is 15.6. The second-order valence-corrected chi connectivity index (χ2v) is 4.45. The summed E-state index contributed by atoms with van der Waals surface area (Å²) in [4.78, 5) is 18.3. The van der Waals surface area contributed by atoms with E-state index in [9.17, 15) is 9.90 Å². The van der Waals surface area contributed by atoms with E-state index in [1.54, 1.807) is 24.3 Å². The van der Waals surface area contributed by atoms with E-state index in [4.69, 9.17) is 0 Å². The molecule has 1 aliphatic rings. The van der Waals surface area contributed by atoms with Crippen molar-refractivity contribution in [3.05, 3.63) is 46.0 Å². The predicted octanol–water partition coefficient (Wildman–Crippen LogP) is 0.865. The summed E-state index contributed by atoms with van der Waals surface area (Å²) in [5.74, 6) is 0.768. The molecule has 0 saturated heterocycles. The quantitative estimate of drug-likeness (QED) is 0.600.